The van der Waals surface area contributed by atoms with E-state index in [0.29, 0.717) is 31.0 Å². The Morgan fingerprint density at radius 3 is 2.58 bits per heavy atom. The second-order valence-electron chi connectivity index (χ2n) is 5.86. The third-order valence-electron chi connectivity index (χ3n) is 4.15. The van der Waals surface area contributed by atoms with Gasteiger partial charge in [-0.15, -0.1) is 0 Å². The first-order valence-corrected chi connectivity index (χ1v) is 8.09. The molecule has 2 aromatic rings. The summed E-state index contributed by atoms with van der Waals surface area (Å²) in [6, 6.07) is 15.3. The molecule has 3 rings (SSSR count). The van der Waals surface area contributed by atoms with Crippen molar-refractivity contribution in [3.63, 3.8) is 0 Å². The van der Waals surface area contributed by atoms with Crippen LogP contribution in [0.25, 0.3) is 0 Å². The smallest absolute Gasteiger partial charge is 0.226 e. The summed E-state index contributed by atoms with van der Waals surface area (Å²) in [6.07, 6.45) is 3.60. The Labute approximate surface area is 141 Å². The predicted molar refractivity (Wildman–Crippen MR) is 89.3 cm³/mol. The molecule has 0 spiro atoms. The maximum absolute atomic E-state index is 12.3. The molecule has 0 radical (unpaired) electrons. The van der Waals surface area contributed by atoms with Gasteiger partial charge in [0, 0.05) is 38.2 Å². The van der Waals surface area contributed by atoms with Gasteiger partial charge in [0.25, 0.3) is 0 Å². The van der Waals surface area contributed by atoms with Gasteiger partial charge in [0.1, 0.15) is 12.2 Å². The van der Waals surface area contributed by atoms with Crippen molar-refractivity contribution in [3.8, 4) is 11.9 Å². The zero-order valence-electron chi connectivity index (χ0n) is 13.4. The first-order chi connectivity index (χ1) is 11.7. The summed E-state index contributed by atoms with van der Waals surface area (Å²) < 4.78 is 5.84. The largest absolute Gasteiger partial charge is 0.474 e. The number of nitriles is 1. The molecule has 1 aliphatic rings. The highest BCUT2D eigenvalue weighted by molar-refractivity contribution is 5.78. The molecule has 1 aromatic carbocycles. The third-order valence-corrected chi connectivity index (χ3v) is 4.15. The summed E-state index contributed by atoms with van der Waals surface area (Å²) >= 11 is 0. The molecule has 0 atom stereocenters. The van der Waals surface area contributed by atoms with Gasteiger partial charge in [0.15, 0.2) is 0 Å². The number of aromatic nitrogens is 1. The highest BCUT2D eigenvalue weighted by atomic mass is 16.5. The Hall–Kier alpha value is -2.87. The molecule has 0 N–H and O–H groups in total. The molecule has 0 aliphatic carbocycles. The number of hydrogen-bond donors (Lipinski definition) is 0. The Balaban J connectivity index is 1.48. The van der Waals surface area contributed by atoms with Gasteiger partial charge in [-0.25, -0.2) is 4.98 Å². The van der Waals surface area contributed by atoms with Gasteiger partial charge in [0.05, 0.1) is 12.0 Å². The van der Waals surface area contributed by atoms with Crippen molar-refractivity contribution >= 4 is 5.91 Å². The minimum absolute atomic E-state index is 0.0613. The zero-order valence-corrected chi connectivity index (χ0v) is 13.4. The number of piperidine rings is 1. The van der Waals surface area contributed by atoms with Crippen molar-refractivity contribution in [2.45, 2.75) is 25.4 Å². The molecule has 5 heteroatoms. The van der Waals surface area contributed by atoms with Crippen LogP contribution >= 0.6 is 0 Å². The lowest BCUT2D eigenvalue weighted by molar-refractivity contribution is -0.132. The second kappa shape index (κ2) is 7.60. The number of carbonyl (C=O) groups excluding carboxylic acids is 1. The van der Waals surface area contributed by atoms with E-state index in [1.807, 2.05) is 41.3 Å². The lowest BCUT2D eigenvalue weighted by Gasteiger charge is -2.32. The summed E-state index contributed by atoms with van der Waals surface area (Å²) in [5.74, 6) is 0.694. The molecule has 1 aliphatic heterocycles. The van der Waals surface area contributed by atoms with Crippen molar-refractivity contribution in [2.75, 3.05) is 13.1 Å². The molecular formula is C19H19N3O2. The number of benzene rings is 1. The van der Waals surface area contributed by atoms with E-state index in [1.165, 1.54) is 6.20 Å². The van der Waals surface area contributed by atoms with E-state index in [4.69, 9.17) is 10.00 Å². The van der Waals surface area contributed by atoms with Gasteiger partial charge >= 0.3 is 0 Å². The monoisotopic (exact) mass is 321 g/mol. The number of amides is 1. The van der Waals surface area contributed by atoms with E-state index in [0.717, 1.165) is 18.4 Å². The second-order valence-corrected chi connectivity index (χ2v) is 5.86. The normalized spacial score (nSPS) is 14.9. The van der Waals surface area contributed by atoms with E-state index >= 15 is 0 Å². The molecule has 5 nitrogen and oxygen atoms in total. The van der Waals surface area contributed by atoms with E-state index in [2.05, 4.69) is 4.98 Å². The molecule has 122 valence electrons. The van der Waals surface area contributed by atoms with Gasteiger partial charge in [0.2, 0.25) is 11.8 Å². The number of hydrogen-bond acceptors (Lipinski definition) is 4. The van der Waals surface area contributed by atoms with Crippen molar-refractivity contribution in [3.05, 3.63) is 59.8 Å². The standard InChI is InChI=1S/C19H19N3O2/c20-13-16-6-7-18(21-14-16)24-17-8-10-22(11-9-17)19(23)12-15-4-2-1-3-5-15/h1-7,14,17H,8-12H2. The minimum Gasteiger partial charge on any atom is -0.474 e. The van der Waals surface area contributed by atoms with Crippen LogP contribution in [0.4, 0.5) is 0 Å². The van der Waals surface area contributed by atoms with Crippen LogP contribution in [0.5, 0.6) is 5.88 Å². The Morgan fingerprint density at radius 2 is 1.96 bits per heavy atom. The molecule has 24 heavy (non-hydrogen) atoms. The van der Waals surface area contributed by atoms with Crippen molar-refractivity contribution in [2.24, 2.45) is 0 Å². The maximum Gasteiger partial charge on any atom is 0.226 e. The van der Waals surface area contributed by atoms with Crippen LogP contribution in [0.15, 0.2) is 48.7 Å². The highest BCUT2D eigenvalue weighted by Gasteiger charge is 2.24. The summed E-state index contributed by atoms with van der Waals surface area (Å²) in [5.41, 5.74) is 1.56. The number of ether oxygens (including phenoxy) is 1. The van der Waals surface area contributed by atoms with Crippen LogP contribution in [0, 0.1) is 11.3 Å². The molecule has 1 amide bonds. The first-order valence-electron chi connectivity index (χ1n) is 8.09. The fourth-order valence-electron chi connectivity index (χ4n) is 2.79. The van der Waals surface area contributed by atoms with E-state index in [1.54, 1.807) is 12.1 Å². The van der Waals surface area contributed by atoms with Gasteiger partial charge in [-0.3, -0.25) is 4.79 Å². The molecule has 2 heterocycles. The fourth-order valence-corrected chi connectivity index (χ4v) is 2.79. The van der Waals surface area contributed by atoms with Crippen LogP contribution in [-0.4, -0.2) is 35.0 Å². The summed E-state index contributed by atoms with van der Waals surface area (Å²) in [5, 5.41) is 8.77. The van der Waals surface area contributed by atoms with E-state index in [-0.39, 0.29) is 12.0 Å². The average molecular weight is 321 g/mol. The molecule has 0 saturated carbocycles. The Bertz CT molecular complexity index is 715. The van der Waals surface area contributed by atoms with Crippen LogP contribution in [0.3, 0.4) is 0 Å². The quantitative estimate of drug-likeness (QED) is 0.868. The number of pyridine rings is 1. The predicted octanol–water partition coefficient (Wildman–Crippen LogP) is 2.57. The average Bonchev–Trinajstić information content (AvgIpc) is 2.64. The molecule has 1 fully saturated rings. The molecule has 1 saturated heterocycles. The summed E-state index contributed by atoms with van der Waals surface area (Å²) in [4.78, 5) is 18.4. The minimum atomic E-state index is 0.0613. The summed E-state index contributed by atoms with van der Waals surface area (Å²) in [6.45, 7) is 1.40. The number of carbonyl (C=O) groups is 1. The first kappa shape index (κ1) is 16.0. The Morgan fingerprint density at radius 1 is 1.21 bits per heavy atom. The van der Waals surface area contributed by atoms with Gasteiger partial charge in [-0.2, -0.15) is 5.26 Å². The van der Waals surface area contributed by atoms with Crippen molar-refractivity contribution < 1.29 is 9.53 Å². The summed E-state index contributed by atoms with van der Waals surface area (Å²) in [7, 11) is 0. The van der Waals surface area contributed by atoms with Crippen LogP contribution in [0.2, 0.25) is 0 Å². The van der Waals surface area contributed by atoms with Crippen molar-refractivity contribution in [1.29, 1.82) is 5.26 Å². The van der Waals surface area contributed by atoms with E-state index < -0.39 is 0 Å². The lowest BCUT2D eigenvalue weighted by atomic mass is 10.1. The highest BCUT2D eigenvalue weighted by Crippen LogP contribution is 2.18. The van der Waals surface area contributed by atoms with Crippen LogP contribution in [-0.2, 0) is 11.2 Å². The van der Waals surface area contributed by atoms with Gasteiger partial charge in [-0.05, 0) is 11.6 Å². The molecule has 1 aromatic heterocycles. The number of nitrogens with zero attached hydrogens (tertiary/aromatic N) is 3. The van der Waals surface area contributed by atoms with E-state index in [9.17, 15) is 4.79 Å². The zero-order chi connectivity index (χ0) is 16.8. The molecule has 0 unspecified atom stereocenters. The lowest BCUT2D eigenvalue weighted by Crippen LogP contribution is -2.42. The topological polar surface area (TPSA) is 66.2 Å². The Kier molecular flexibility index (Phi) is 5.07. The van der Waals surface area contributed by atoms with Crippen LogP contribution < -0.4 is 4.74 Å². The van der Waals surface area contributed by atoms with Crippen molar-refractivity contribution in [1.82, 2.24) is 9.88 Å². The van der Waals surface area contributed by atoms with Crippen LogP contribution in [0.1, 0.15) is 24.0 Å². The SMILES string of the molecule is N#Cc1ccc(OC2CCN(C(=O)Cc3ccccc3)CC2)nc1. The molecular weight excluding hydrogens is 302 g/mol. The van der Waals surface area contributed by atoms with Gasteiger partial charge in [-0.1, -0.05) is 30.3 Å². The number of likely N-dealkylation sites (tertiary alicyclic amines) is 1. The number of rotatable bonds is 4. The fraction of sp³-hybridized carbons (Fsp3) is 0.316. The molecule has 0 bridgehead atoms. The third kappa shape index (κ3) is 4.11. The van der Waals surface area contributed by atoms with Gasteiger partial charge < -0.3 is 9.64 Å². The maximum atomic E-state index is 12.3.